The summed E-state index contributed by atoms with van der Waals surface area (Å²) in [4.78, 5) is 25.1. The second-order valence-electron chi connectivity index (χ2n) is 8.16. The number of nitrogens with two attached hydrogens (primary N) is 1. The third kappa shape index (κ3) is 7.40. The van der Waals surface area contributed by atoms with Gasteiger partial charge in [-0.25, -0.2) is 0 Å². The van der Waals surface area contributed by atoms with E-state index < -0.39 is 34.0 Å². The van der Waals surface area contributed by atoms with Gasteiger partial charge in [0.05, 0.1) is 13.0 Å². The maximum absolute atomic E-state index is 12.8. The molecule has 9 heteroatoms. The van der Waals surface area contributed by atoms with E-state index in [1.165, 1.54) is 24.3 Å². The lowest BCUT2D eigenvalue weighted by Gasteiger charge is -2.23. The Balaban J connectivity index is 1.82. The molecule has 0 aromatic heterocycles. The van der Waals surface area contributed by atoms with Crippen molar-refractivity contribution in [2.75, 3.05) is 6.61 Å². The maximum atomic E-state index is 12.8. The molecule has 0 fully saturated rings. The number of hydrogen-bond donors (Lipinski definition) is 1. The molecule has 3 aromatic carbocycles. The molecular weight excluding hydrogens is 482 g/mol. The Morgan fingerprint density at radius 2 is 1.61 bits per heavy atom. The first kappa shape index (κ1) is 26.9. The van der Waals surface area contributed by atoms with E-state index in [9.17, 15) is 18.0 Å². The van der Waals surface area contributed by atoms with Gasteiger partial charge in [0, 0.05) is 5.92 Å². The Bertz CT molecular complexity index is 1270. The number of rotatable bonds is 11. The summed E-state index contributed by atoms with van der Waals surface area (Å²) in [5, 5.41) is 0. The Morgan fingerprint density at radius 1 is 0.917 bits per heavy atom. The van der Waals surface area contributed by atoms with Crippen LogP contribution in [-0.2, 0) is 35.8 Å². The van der Waals surface area contributed by atoms with Crippen molar-refractivity contribution in [3.05, 3.63) is 95.6 Å². The van der Waals surface area contributed by atoms with Gasteiger partial charge in [-0.3, -0.25) is 9.59 Å². The molecule has 3 aromatic rings. The first-order valence-corrected chi connectivity index (χ1v) is 12.8. The average Bonchev–Trinajstić information content (AvgIpc) is 2.86. The van der Waals surface area contributed by atoms with Crippen LogP contribution in [0.25, 0.3) is 0 Å². The van der Waals surface area contributed by atoms with Gasteiger partial charge in [-0.15, -0.1) is 0 Å². The Labute approximate surface area is 211 Å². The molecule has 0 bridgehead atoms. The first-order valence-electron chi connectivity index (χ1n) is 11.4. The van der Waals surface area contributed by atoms with Crippen LogP contribution in [0.1, 0.15) is 36.0 Å². The smallest absolute Gasteiger partial charge is 0.339 e. The van der Waals surface area contributed by atoms with E-state index in [2.05, 4.69) is 0 Å². The molecule has 2 N–H and O–H groups in total. The molecule has 0 saturated heterocycles. The predicted molar refractivity (Wildman–Crippen MR) is 134 cm³/mol. The van der Waals surface area contributed by atoms with Crippen LogP contribution in [0.15, 0.2) is 83.8 Å². The number of carbonyl (C=O) groups excluding carboxylic acids is 2. The molecule has 0 aliphatic heterocycles. The summed E-state index contributed by atoms with van der Waals surface area (Å²) >= 11 is 0. The monoisotopic (exact) mass is 511 g/mol. The van der Waals surface area contributed by atoms with Gasteiger partial charge < -0.3 is 19.4 Å². The molecule has 2 atom stereocenters. The summed E-state index contributed by atoms with van der Waals surface area (Å²) < 4.78 is 41.2. The minimum absolute atomic E-state index is 0.00256. The van der Waals surface area contributed by atoms with Crippen LogP contribution in [0.2, 0.25) is 0 Å². The van der Waals surface area contributed by atoms with E-state index >= 15 is 0 Å². The lowest BCUT2D eigenvalue weighted by atomic mass is 9.88. The molecule has 8 nitrogen and oxygen atoms in total. The fourth-order valence-electron chi connectivity index (χ4n) is 3.52. The summed E-state index contributed by atoms with van der Waals surface area (Å²) in [6.45, 7) is 3.71. The van der Waals surface area contributed by atoms with E-state index in [1.54, 1.807) is 31.2 Å². The van der Waals surface area contributed by atoms with Crippen molar-refractivity contribution in [1.82, 2.24) is 0 Å². The third-order valence-electron chi connectivity index (χ3n) is 5.42. The van der Waals surface area contributed by atoms with Gasteiger partial charge in [0.2, 0.25) is 0 Å². The highest BCUT2D eigenvalue weighted by atomic mass is 32.2. The van der Waals surface area contributed by atoms with Crippen molar-refractivity contribution in [3.63, 3.8) is 0 Å². The van der Waals surface area contributed by atoms with Gasteiger partial charge in [0.1, 0.15) is 23.3 Å². The van der Waals surface area contributed by atoms with Crippen molar-refractivity contribution in [2.24, 2.45) is 5.73 Å². The number of carbonyl (C=O) groups is 2. The van der Waals surface area contributed by atoms with Gasteiger partial charge in [-0.1, -0.05) is 60.2 Å². The van der Waals surface area contributed by atoms with E-state index in [4.69, 9.17) is 19.4 Å². The molecule has 36 heavy (non-hydrogen) atoms. The van der Waals surface area contributed by atoms with Crippen LogP contribution >= 0.6 is 0 Å². The highest BCUT2D eigenvalue weighted by Gasteiger charge is 2.31. The SMILES string of the molecule is CCOC(=O)CC(c1cccc(OS(=O)(=O)c2ccc(C)cc2)c1)C(N)C(=O)OCc1ccccc1. The summed E-state index contributed by atoms with van der Waals surface area (Å²) in [5.41, 5.74) is 8.37. The van der Waals surface area contributed by atoms with Crippen LogP contribution in [0.4, 0.5) is 0 Å². The Morgan fingerprint density at radius 3 is 2.28 bits per heavy atom. The number of benzene rings is 3. The molecule has 0 heterocycles. The largest absolute Gasteiger partial charge is 0.466 e. The molecule has 0 aliphatic rings. The van der Waals surface area contributed by atoms with Crippen molar-refractivity contribution < 1.29 is 31.7 Å². The zero-order valence-corrected chi connectivity index (χ0v) is 20.9. The lowest BCUT2D eigenvalue weighted by molar-refractivity contribution is -0.148. The maximum Gasteiger partial charge on any atom is 0.339 e. The van der Waals surface area contributed by atoms with Gasteiger partial charge >= 0.3 is 22.1 Å². The lowest BCUT2D eigenvalue weighted by Crippen LogP contribution is -2.39. The van der Waals surface area contributed by atoms with Crippen LogP contribution in [0, 0.1) is 6.92 Å². The minimum Gasteiger partial charge on any atom is -0.466 e. The van der Waals surface area contributed by atoms with Crippen LogP contribution < -0.4 is 9.92 Å². The van der Waals surface area contributed by atoms with Gasteiger partial charge in [0.15, 0.2) is 0 Å². The summed E-state index contributed by atoms with van der Waals surface area (Å²) in [6.07, 6.45) is -0.205. The van der Waals surface area contributed by atoms with E-state index in [0.29, 0.717) is 5.56 Å². The second kappa shape index (κ2) is 12.3. The molecule has 0 amide bonds. The van der Waals surface area contributed by atoms with Gasteiger partial charge in [0.25, 0.3) is 0 Å². The Kier molecular flexibility index (Phi) is 9.21. The molecule has 2 unspecified atom stereocenters. The van der Waals surface area contributed by atoms with E-state index in [0.717, 1.165) is 11.1 Å². The zero-order valence-electron chi connectivity index (χ0n) is 20.1. The average molecular weight is 512 g/mol. The third-order valence-corrected chi connectivity index (χ3v) is 6.68. The number of esters is 2. The van der Waals surface area contributed by atoms with Crippen LogP contribution in [-0.4, -0.2) is 33.0 Å². The minimum atomic E-state index is -4.09. The molecule has 3 rings (SSSR count). The van der Waals surface area contributed by atoms with Crippen molar-refractivity contribution >= 4 is 22.1 Å². The summed E-state index contributed by atoms with van der Waals surface area (Å²) in [7, 11) is -4.09. The van der Waals surface area contributed by atoms with Gasteiger partial charge in [-0.2, -0.15) is 8.42 Å². The van der Waals surface area contributed by atoms with E-state index in [1.807, 2.05) is 37.3 Å². The van der Waals surface area contributed by atoms with Crippen LogP contribution in [0.3, 0.4) is 0 Å². The quantitative estimate of drug-likeness (QED) is 0.304. The number of aryl methyl sites for hydroxylation is 1. The highest BCUT2D eigenvalue weighted by Crippen LogP contribution is 2.29. The standard InChI is InChI=1S/C27H29NO7S/c1-3-33-25(29)17-24(26(28)27(30)34-18-20-8-5-4-6-9-20)21-10-7-11-22(16-21)35-36(31,32)23-14-12-19(2)13-15-23/h4-16,24,26H,3,17-18,28H2,1-2H3. The topological polar surface area (TPSA) is 122 Å². The summed E-state index contributed by atoms with van der Waals surface area (Å²) in [6, 6.07) is 20.3. The molecule has 0 spiro atoms. The van der Waals surface area contributed by atoms with E-state index in [-0.39, 0.29) is 30.3 Å². The summed E-state index contributed by atoms with van der Waals surface area (Å²) in [5.74, 6) is -2.07. The fourth-order valence-corrected chi connectivity index (χ4v) is 4.44. The fraction of sp³-hybridized carbons (Fsp3) is 0.259. The Hall–Kier alpha value is -3.69. The normalized spacial score (nSPS) is 12.9. The predicted octanol–water partition coefficient (Wildman–Crippen LogP) is 3.87. The van der Waals surface area contributed by atoms with Crippen molar-refractivity contribution in [3.8, 4) is 5.75 Å². The van der Waals surface area contributed by atoms with Crippen LogP contribution in [0.5, 0.6) is 5.75 Å². The number of ether oxygens (including phenoxy) is 2. The molecule has 0 radical (unpaired) electrons. The van der Waals surface area contributed by atoms with Crippen molar-refractivity contribution in [2.45, 2.75) is 43.7 Å². The zero-order chi connectivity index (χ0) is 26.1. The molecule has 190 valence electrons. The molecule has 0 aliphatic carbocycles. The molecular formula is C27H29NO7S. The second-order valence-corrected chi connectivity index (χ2v) is 9.70. The number of hydrogen-bond acceptors (Lipinski definition) is 8. The molecule has 0 saturated carbocycles. The highest BCUT2D eigenvalue weighted by molar-refractivity contribution is 7.87. The first-order chi connectivity index (χ1) is 17.2. The van der Waals surface area contributed by atoms with Gasteiger partial charge in [-0.05, 0) is 49.2 Å². The van der Waals surface area contributed by atoms with Crippen molar-refractivity contribution in [1.29, 1.82) is 0 Å².